The van der Waals surface area contributed by atoms with Gasteiger partial charge in [0.2, 0.25) is 0 Å². The van der Waals surface area contributed by atoms with Gasteiger partial charge in [0.15, 0.2) is 0 Å². The molecule has 0 saturated heterocycles. The zero-order chi connectivity index (χ0) is 11.9. The van der Waals surface area contributed by atoms with Crippen molar-refractivity contribution in [2.45, 2.75) is 0 Å². The molecule has 0 spiro atoms. The van der Waals surface area contributed by atoms with Gasteiger partial charge in [-0.1, -0.05) is 5.16 Å². The Balaban J connectivity index is 2.13. The van der Waals surface area contributed by atoms with Gasteiger partial charge in [-0.05, 0) is 24.3 Å². The fourth-order valence-corrected chi connectivity index (χ4v) is 2.14. The summed E-state index contributed by atoms with van der Waals surface area (Å²) in [5.41, 5.74) is 2.59. The van der Waals surface area contributed by atoms with Gasteiger partial charge in [-0.25, -0.2) is 9.97 Å². The first-order chi connectivity index (χ1) is 8.93. The first-order valence-corrected chi connectivity index (χ1v) is 5.55. The largest absolute Gasteiger partial charge is 0.336 e. The number of fused-ring (bicyclic) bond motifs is 2. The molecule has 0 aromatic carbocycles. The fraction of sp³-hybridized carbons (Fsp3) is 0. The Labute approximate surface area is 102 Å². The maximum Gasteiger partial charge on any atom is 0.258 e. The molecule has 5 nitrogen and oxygen atoms in total. The van der Waals surface area contributed by atoms with Crippen molar-refractivity contribution in [1.29, 1.82) is 0 Å². The van der Waals surface area contributed by atoms with E-state index in [1.165, 1.54) is 0 Å². The standard InChI is InChI=1S/C13H8N4O/c1-2-9-3-5-14-12(17(9)7-1)10-4-6-15-13-11(10)8-16-18-13/h1-8H. The van der Waals surface area contributed by atoms with Gasteiger partial charge in [-0.15, -0.1) is 0 Å². The Morgan fingerprint density at radius 1 is 1.06 bits per heavy atom. The summed E-state index contributed by atoms with van der Waals surface area (Å²) in [7, 11) is 0. The van der Waals surface area contributed by atoms with E-state index < -0.39 is 0 Å². The predicted octanol–water partition coefficient (Wildman–Crippen LogP) is 2.54. The van der Waals surface area contributed by atoms with Crippen LogP contribution in [-0.4, -0.2) is 19.5 Å². The van der Waals surface area contributed by atoms with Crippen LogP contribution in [0.4, 0.5) is 0 Å². The van der Waals surface area contributed by atoms with E-state index in [1.807, 2.05) is 34.9 Å². The SMILES string of the molecule is c1cc2ccnc(-c3ccnc4oncc34)n2c1. The maximum atomic E-state index is 5.08. The smallest absolute Gasteiger partial charge is 0.258 e. The molecule has 4 heterocycles. The highest BCUT2D eigenvalue weighted by atomic mass is 16.5. The molecule has 0 atom stereocenters. The lowest BCUT2D eigenvalue weighted by Crippen LogP contribution is -1.94. The fourth-order valence-electron chi connectivity index (χ4n) is 2.14. The first-order valence-electron chi connectivity index (χ1n) is 5.55. The lowest BCUT2D eigenvalue weighted by atomic mass is 10.2. The highest BCUT2D eigenvalue weighted by Crippen LogP contribution is 2.26. The van der Waals surface area contributed by atoms with Gasteiger partial charge in [0.25, 0.3) is 5.71 Å². The number of nitrogens with zero attached hydrogens (tertiary/aromatic N) is 4. The summed E-state index contributed by atoms with van der Waals surface area (Å²) in [5.74, 6) is 0.855. The summed E-state index contributed by atoms with van der Waals surface area (Å²) in [6.45, 7) is 0. The number of rotatable bonds is 1. The molecule has 0 N–H and O–H groups in total. The second-order valence-electron chi connectivity index (χ2n) is 3.97. The minimum absolute atomic E-state index is 0.526. The van der Waals surface area contributed by atoms with Crippen LogP contribution in [0.2, 0.25) is 0 Å². The molecule has 5 heteroatoms. The van der Waals surface area contributed by atoms with Gasteiger partial charge in [0.05, 0.1) is 11.6 Å². The van der Waals surface area contributed by atoms with Crippen LogP contribution >= 0.6 is 0 Å². The summed E-state index contributed by atoms with van der Waals surface area (Å²) in [6.07, 6.45) is 7.15. The van der Waals surface area contributed by atoms with E-state index in [0.717, 1.165) is 22.3 Å². The van der Waals surface area contributed by atoms with Crippen molar-refractivity contribution in [2.75, 3.05) is 0 Å². The Bertz CT molecular complexity index is 774. The molecule has 4 rings (SSSR count). The molecular formula is C13H8N4O. The molecule has 86 valence electrons. The second-order valence-corrected chi connectivity index (χ2v) is 3.97. The Kier molecular flexibility index (Phi) is 1.77. The van der Waals surface area contributed by atoms with Crippen molar-refractivity contribution in [3.8, 4) is 11.4 Å². The molecular weight excluding hydrogens is 228 g/mol. The van der Waals surface area contributed by atoms with Gasteiger partial charge >= 0.3 is 0 Å². The van der Waals surface area contributed by atoms with E-state index in [4.69, 9.17) is 4.52 Å². The Morgan fingerprint density at radius 3 is 3.00 bits per heavy atom. The summed E-state index contributed by atoms with van der Waals surface area (Å²) in [6, 6.07) is 7.92. The third kappa shape index (κ3) is 1.18. The van der Waals surface area contributed by atoms with E-state index in [0.29, 0.717) is 5.71 Å². The zero-order valence-corrected chi connectivity index (χ0v) is 9.32. The average molecular weight is 236 g/mol. The van der Waals surface area contributed by atoms with E-state index in [9.17, 15) is 0 Å². The number of hydrogen-bond acceptors (Lipinski definition) is 4. The molecule has 0 radical (unpaired) electrons. The number of hydrogen-bond donors (Lipinski definition) is 0. The topological polar surface area (TPSA) is 56.2 Å². The van der Waals surface area contributed by atoms with E-state index >= 15 is 0 Å². The van der Waals surface area contributed by atoms with Crippen LogP contribution < -0.4 is 0 Å². The van der Waals surface area contributed by atoms with Crippen LogP contribution in [0.25, 0.3) is 28.0 Å². The third-order valence-electron chi connectivity index (χ3n) is 2.97. The summed E-state index contributed by atoms with van der Waals surface area (Å²) >= 11 is 0. The van der Waals surface area contributed by atoms with Crippen molar-refractivity contribution >= 4 is 16.6 Å². The van der Waals surface area contributed by atoms with Crippen LogP contribution in [0, 0.1) is 0 Å². The van der Waals surface area contributed by atoms with Crippen molar-refractivity contribution in [3.63, 3.8) is 0 Å². The van der Waals surface area contributed by atoms with Gasteiger partial charge < -0.3 is 8.92 Å². The predicted molar refractivity (Wildman–Crippen MR) is 66.0 cm³/mol. The van der Waals surface area contributed by atoms with Crippen LogP contribution in [0.5, 0.6) is 0 Å². The molecule has 18 heavy (non-hydrogen) atoms. The molecule has 4 aromatic heterocycles. The van der Waals surface area contributed by atoms with Gasteiger partial charge in [-0.3, -0.25) is 0 Å². The zero-order valence-electron chi connectivity index (χ0n) is 9.32. The van der Waals surface area contributed by atoms with Gasteiger partial charge in [-0.2, -0.15) is 0 Å². The lowest BCUT2D eigenvalue weighted by Gasteiger charge is -2.05. The average Bonchev–Trinajstić information content (AvgIpc) is 3.06. The van der Waals surface area contributed by atoms with Crippen LogP contribution in [0.1, 0.15) is 0 Å². The number of pyridine rings is 1. The minimum atomic E-state index is 0.526. The van der Waals surface area contributed by atoms with Crippen molar-refractivity contribution in [3.05, 3.63) is 49.1 Å². The lowest BCUT2D eigenvalue weighted by molar-refractivity contribution is 0.448. The molecule has 0 bridgehead atoms. The molecule has 0 fully saturated rings. The van der Waals surface area contributed by atoms with Gasteiger partial charge in [0, 0.05) is 29.7 Å². The number of aromatic nitrogens is 4. The second kappa shape index (κ2) is 3.40. The molecule has 0 unspecified atom stereocenters. The Morgan fingerprint density at radius 2 is 2.00 bits per heavy atom. The van der Waals surface area contributed by atoms with Crippen molar-refractivity contribution in [1.82, 2.24) is 19.5 Å². The van der Waals surface area contributed by atoms with Crippen LogP contribution in [0.15, 0.2) is 53.6 Å². The first kappa shape index (κ1) is 9.35. The summed E-state index contributed by atoms with van der Waals surface area (Å²) in [5, 5.41) is 4.65. The Hall–Kier alpha value is -2.69. The molecule has 0 amide bonds. The molecule has 4 aromatic rings. The van der Waals surface area contributed by atoms with Crippen molar-refractivity contribution in [2.24, 2.45) is 0 Å². The normalized spacial score (nSPS) is 11.3. The maximum absolute atomic E-state index is 5.08. The monoisotopic (exact) mass is 236 g/mol. The quantitative estimate of drug-likeness (QED) is 0.509. The molecule has 0 aliphatic heterocycles. The minimum Gasteiger partial charge on any atom is -0.336 e. The van der Waals surface area contributed by atoms with Gasteiger partial charge in [0.1, 0.15) is 5.82 Å². The highest BCUT2D eigenvalue weighted by molar-refractivity contribution is 5.89. The van der Waals surface area contributed by atoms with E-state index in [-0.39, 0.29) is 0 Å². The van der Waals surface area contributed by atoms with E-state index in [1.54, 1.807) is 18.6 Å². The highest BCUT2D eigenvalue weighted by Gasteiger charge is 2.11. The van der Waals surface area contributed by atoms with Crippen LogP contribution in [0.3, 0.4) is 0 Å². The molecule has 0 saturated carbocycles. The van der Waals surface area contributed by atoms with E-state index in [2.05, 4.69) is 15.1 Å². The van der Waals surface area contributed by atoms with Crippen LogP contribution in [-0.2, 0) is 0 Å². The molecule has 0 aliphatic rings. The molecule has 0 aliphatic carbocycles. The summed E-state index contributed by atoms with van der Waals surface area (Å²) < 4.78 is 7.10. The summed E-state index contributed by atoms with van der Waals surface area (Å²) in [4.78, 5) is 8.57. The third-order valence-corrected chi connectivity index (χ3v) is 2.97. The van der Waals surface area contributed by atoms with Crippen molar-refractivity contribution < 1.29 is 4.52 Å².